The zero-order valence-corrected chi connectivity index (χ0v) is 12.3. The van der Waals surface area contributed by atoms with E-state index >= 15 is 0 Å². The number of hydrogen-bond donors (Lipinski definition) is 1. The highest BCUT2D eigenvalue weighted by Crippen LogP contribution is 2.29. The van der Waals surface area contributed by atoms with Gasteiger partial charge in [0.1, 0.15) is 11.6 Å². The van der Waals surface area contributed by atoms with Crippen LogP contribution in [0.2, 0.25) is 5.02 Å². The number of halogens is 2. The molecule has 94 valence electrons. The second-order valence-electron chi connectivity index (χ2n) is 3.73. The first-order valence-electron chi connectivity index (χ1n) is 5.34. The lowest BCUT2D eigenvalue weighted by atomic mass is 10.3. The van der Waals surface area contributed by atoms with Crippen LogP contribution in [0.25, 0.3) is 0 Å². The van der Waals surface area contributed by atoms with Crippen LogP contribution >= 0.6 is 27.5 Å². The quantitative estimate of drug-likeness (QED) is 0.897. The lowest BCUT2D eigenvalue weighted by molar-refractivity contribution is 0.415. The minimum atomic E-state index is 0.623. The fourth-order valence-corrected chi connectivity index (χ4v) is 1.86. The van der Waals surface area contributed by atoms with E-state index in [4.69, 9.17) is 16.3 Å². The van der Waals surface area contributed by atoms with Gasteiger partial charge in [-0.2, -0.15) is 0 Å². The lowest BCUT2D eigenvalue weighted by Crippen LogP contribution is -1.96. The summed E-state index contributed by atoms with van der Waals surface area (Å²) in [5, 5.41) is 3.79. The van der Waals surface area contributed by atoms with E-state index in [-0.39, 0.29) is 0 Å². The number of nitrogens with zero attached hydrogens (tertiary/aromatic N) is 1. The maximum Gasteiger partial charge on any atom is 0.130 e. The van der Waals surface area contributed by atoms with Gasteiger partial charge in [0.15, 0.2) is 0 Å². The van der Waals surface area contributed by atoms with Crippen LogP contribution in [0, 0.1) is 6.92 Å². The third-order valence-corrected chi connectivity index (χ3v) is 3.63. The van der Waals surface area contributed by atoms with Crippen molar-refractivity contribution in [3.05, 3.63) is 45.5 Å². The van der Waals surface area contributed by atoms with Gasteiger partial charge in [-0.3, -0.25) is 0 Å². The summed E-state index contributed by atoms with van der Waals surface area (Å²) in [7, 11) is 1.62. The van der Waals surface area contributed by atoms with Crippen molar-refractivity contribution in [1.82, 2.24) is 4.98 Å². The smallest absolute Gasteiger partial charge is 0.130 e. The SMILES string of the molecule is COc1ccc(Cl)c(Nc2ccc(Br)c(C)n2)c1. The molecule has 0 amide bonds. The van der Waals surface area contributed by atoms with Crippen molar-refractivity contribution in [2.75, 3.05) is 12.4 Å². The number of rotatable bonds is 3. The van der Waals surface area contributed by atoms with Crippen LogP contribution < -0.4 is 10.1 Å². The molecule has 2 aromatic rings. The van der Waals surface area contributed by atoms with E-state index in [1.54, 1.807) is 13.2 Å². The Morgan fingerprint density at radius 2 is 2.06 bits per heavy atom. The van der Waals surface area contributed by atoms with Gasteiger partial charge < -0.3 is 10.1 Å². The monoisotopic (exact) mass is 326 g/mol. The highest BCUT2D eigenvalue weighted by molar-refractivity contribution is 9.10. The molecule has 0 aliphatic carbocycles. The highest BCUT2D eigenvalue weighted by atomic mass is 79.9. The molecular formula is C13H12BrClN2O. The first kappa shape index (κ1) is 13.2. The summed E-state index contributed by atoms with van der Waals surface area (Å²) in [6.45, 7) is 1.93. The van der Waals surface area contributed by atoms with Crippen molar-refractivity contribution in [3.63, 3.8) is 0 Å². The largest absolute Gasteiger partial charge is 0.497 e. The van der Waals surface area contributed by atoms with Crippen LogP contribution in [0.15, 0.2) is 34.8 Å². The lowest BCUT2D eigenvalue weighted by Gasteiger charge is -2.10. The Hall–Kier alpha value is -1.26. The summed E-state index contributed by atoms with van der Waals surface area (Å²) in [4.78, 5) is 4.41. The Morgan fingerprint density at radius 1 is 1.28 bits per heavy atom. The van der Waals surface area contributed by atoms with E-state index < -0.39 is 0 Å². The maximum absolute atomic E-state index is 6.12. The second-order valence-corrected chi connectivity index (χ2v) is 5.00. The number of pyridine rings is 1. The van der Waals surface area contributed by atoms with Gasteiger partial charge in [-0.1, -0.05) is 11.6 Å². The van der Waals surface area contributed by atoms with E-state index in [1.165, 1.54) is 0 Å². The molecule has 0 unspecified atom stereocenters. The van der Waals surface area contributed by atoms with Crippen molar-refractivity contribution < 1.29 is 4.74 Å². The van der Waals surface area contributed by atoms with Crippen molar-refractivity contribution in [3.8, 4) is 5.75 Å². The summed E-state index contributed by atoms with van der Waals surface area (Å²) < 4.78 is 6.14. The summed E-state index contributed by atoms with van der Waals surface area (Å²) in [5.41, 5.74) is 1.68. The van der Waals surface area contributed by atoms with E-state index in [1.807, 2.05) is 31.2 Å². The van der Waals surface area contributed by atoms with Crippen LogP contribution in [-0.4, -0.2) is 12.1 Å². The minimum Gasteiger partial charge on any atom is -0.497 e. The number of hydrogen-bond acceptors (Lipinski definition) is 3. The zero-order chi connectivity index (χ0) is 13.1. The minimum absolute atomic E-state index is 0.623. The third-order valence-electron chi connectivity index (χ3n) is 2.46. The number of aromatic nitrogens is 1. The topological polar surface area (TPSA) is 34.1 Å². The Morgan fingerprint density at radius 3 is 2.72 bits per heavy atom. The van der Waals surface area contributed by atoms with E-state index in [0.717, 1.165) is 27.4 Å². The van der Waals surface area contributed by atoms with Crippen LogP contribution in [0.4, 0.5) is 11.5 Å². The molecule has 1 N–H and O–H groups in total. The Kier molecular flexibility index (Phi) is 4.09. The average molecular weight is 328 g/mol. The molecule has 0 spiro atoms. The molecule has 3 nitrogen and oxygen atoms in total. The summed E-state index contributed by atoms with van der Waals surface area (Å²) >= 11 is 9.53. The average Bonchev–Trinajstić information content (AvgIpc) is 2.36. The first-order valence-corrected chi connectivity index (χ1v) is 6.51. The maximum atomic E-state index is 6.12. The standard InChI is InChI=1S/C13H12BrClN2O/c1-8-10(14)4-6-13(16-8)17-12-7-9(18-2)3-5-11(12)15/h3-7H,1-2H3,(H,16,17). The fourth-order valence-electron chi connectivity index (χ4n) is 1.48. The Bertz CT molecular complexity index is 575. The molecule has 2 rings (SSSR count). The van der Waals surface area contributed by atoms with E-state index in [9.17, 15) is 0 Å². The van der Waals surface area contributed by atoms with Gasteiger partial charge in [0.05, 0.1) is 23.5 Å². The second kappa shape index (κ2) is 5.59. The molecule has 0 radical (unpaired) electrons. The molecule has 0 saturated heterocycles. The summed E-state index contributed by atoms with van der Waals surface area (Å²) in [6.07, 6.45) is 0. The number of nitrogens with one attached hydrogen (secondary N) is 1. The van der Waals surface area contributed by atoms with E-state index in [0.29, 0.717) is 5.02 Å². The molecule has 1 aromatic carbocycles. The van der Waals surface area contributed by atoms with Gasteiger partial charge in [0.2, 0.25) is 0 Å². The van der Waals surface area contributed by atoms with Crippen LogP contribution in [0.3, 0.4) is 0 Å². The highest BCUT2D eigenvalue weighted by Gasteiger charge is 2.05. The predicted molar refractivity (Wildman–Crippen MR) is 78.0 cm³/mol. The number of methoxy groups -OCH3 is 1. The molecule has 18 heavy (non-hydrogen) atoms. The van der Waals surface area contributed by atoms with Crippen LogP contribution in [0.1, 0.15) is 5.69 Å². The van der Waals surface area contributed by atoms with Gasteiger partial charge in [-0.05, 0) is 47.1 Å². The predicted octanol–water partition coefficient (Wildman–Crippen LogP) is 4.56. The van der Waals surface area contributed by atoms with Crippen molar-refractivity contribution in [2.24, 2.45) is 0 Å². The molecule has 0 saturated carbocycles. The van der Waals surface area contributed by atoms with Gasteiger partial charge >= 0.3 is 0 Å². The van der Waals surface area contributed by atoms with Crippen molar-refractivity contribution >= 4 is 39.0 Å². The molecule has 0 fully saturated rings. The molecule has 1 heterocycles. The number of anilines is 2. The van der Waals surface area contributed by atoms with Gasteiger partial charge in [0, 0.05) is 10.5 Å². The van der Waals surface area contributed by atoms with Crippen molar-refractivity contribution in [1.29, 1.82) is 0 Å². The van der Waals surface area contributed by atoms with Gasteiger partial charge in [-0.15, -0.1) is 0 Å². The Balaban J connectivity index is 2.30. The van der Waals surface area contributed by atoms with Crippen LogP contribution in [0.5, 0.6) is 5.75 Å². The number of benzene rings is 1. The van der Waals surface area contributed by atoms with E-state index in [2.05, 4.69) is 26.2 Å². The number of ether oxygens (including phenoxy) is 1. The molecule has 0 bridgehead atoms. The fraction of sp³-hybridized carbons (Fsp3) is 0.154. The number of aryl methyl sites for hydroxylation is 1. The molecule has 0 aliphatic heterocycles. The third kappa shape index (κ3) is 2.94. The van der Waals surface area contributed by atoms with Gasteiger partial charge in [0.25, 0.3) is 0 Å². The normalized spacial score (nSPS) is 10.2. The van der Waals surface area contributed by atoms with Crippen LogP contribution in [-0.2, 0) is 0 Å². The zero-order valence-electron chi connectivity index (χ0n) is 10.00. The molecular weight excluding hydrogens is 316 g/mol. The molecule has 1 aromatic heterocycles. The Labute approximate surface area is 119 Å². The molecule has 0 aliphatic rings. The first-order chi connectivity index (χ1) is 8.60. The molecule has 0 atom stereocenters. The summed E-state index contributed by atoms with van der Waals surface area (Å²) in [6, 6.07) is 9.26. The van der Waals surface area contributed by atoms with Gasteiger partial charge in [-0.25, -0.2) is 4.98 Å². The summed E-state index contributed by atoms with van der Waals surface area (Å²) in [5.74, 6) is 1.49. The molecule has 5 heteroatoms. The van der Waals surface area contributed by atoms with Crippen molar-refractivity contribution in [2.45, 2.75) is 6.92 Å².